The summed E-state index contributed by atoms with van der Waals surface area (Å²) >= 11 is 0.333. The van der Waals surface area contributed by atoms with Crippen LogP contribution in [0.1, 0.15) is 0 Å². The van der Waals surface area contributed by atoms with Crippen molar-refractivity contribution >= 4 is 18.9 Å². The van der Waals surface area contributed by atoms with Gasteiger partial charge < -0.3 is 0 Å². The van der Waals surface area contributed by atoms with Crippen LogP contribution in [0.2, 0.25) is 0 Å². The van der Waals surface area contributed by atoms with Gasteiger partial charge in [0.05, 0.1) is 0 Å². The molecule has 0 aliphatic rings. The fourth-order valence-electron chi connectivity index (χ4n) is 0. The summed E-state index contributed by atoms with van der Waals surface area (Å²) in [5, 5.41) is 0. The van der Waals surface area contributed by atoms with Crippen molar-refractivity contribution in [3.63, 3.8) is 0 Å². The van der Waals surface area contributed by atoms with Gasteiger partial charge in [-0.3, -0.25) is 0 Å². The normalized spacial score (nSPS) is 0.800. The Morgan fingerprint density at radius 1 is 1.20 bits per heavy atom. The Morgan fingerprint density at radius 2 is 1.20 bits per heavy atom. The van der Waals surface area contributed by atoms with Crippen LogP contribution in [0, 0.1) is 0 Å². The monoisotopic (exact) mass is 325 g/mol. The van der Waals surface area contributed by atoms with Crippen molar-refractivity contribution in [3.8, 4) is 0 Å². The Bertz CT molecular complexity index is 11.6. The molecule has 0 amide bonds. The van der Waals surface area contributed by atoms with Crippen molar-refractivity contribution in [2.24, 2.45) is 0 Å². The fraction of sp³-hybridized carbons (Fsp3) is 0. The van der Waals surface area contributed by atoms with Crippen LogP contribution in [0.15, 0.2) is 0 Å². The Morgan fingerprint density at radius 3 is 1.20 bits per heavy atom. The summed E-state index contributed by atoms with van der Waals surface area (Å²) < 4.78 is 8.33. The Kier molecular flexibility index (Phi) is 199. The summed E-state index contributed by atoms with van der Waals surface area (Å²) in [6.45, 7) is 0. The molecule has 0 aromatic heterocycles. The molecule has 0 heterocycles. The van der Waals surface area contributed by atoms with Crippen LogP contribution >= 0.6 is 0 Å². The summed E-state index contributed by atoms with van der Waals surface area (Å²) in [5.74, 6) is 0. The molecule has 0 saturated heterocycles. The molecule has 0 rings (SSSR count). The summed E-state index contributed by atoms with van der Waals surface area (Å²) in [6, 6.07) is 0. The van der Waals surface area contributed by atoms with E-state index in [4.69, 9.17) is 3.40 Å². The van der Waals surface area contributed by atoms with E-state index in [0.29, 0.717) is 19.8 Å². The third-order valence-electron chi connectivity index (χ3n) is 0. The molecule has 0 bridgehead atoms. The standard InChI is InChI=1S/Co.Li.Ni.O.W.H. The molecule has 1 radical (unpaired) electrons. The number of rotatable bonds is 0. The van der Waals surface area contributed by atoms with Gasteiger partial charge in [0.1, 0.15) is 0 Å². The zero-order chi connectivity index (χ0) is 2.00. The van der Waals surface area contributed by atoms with E-state index in [1.165, 1.54) is 0 Å². The van der Waals surface area contributed by atoms with E-state index in [0.717, 1.165) is 0 Å². The first-order valence-corrected chi connectivity index (χ1v) is 1.36. The first-order chi connectivity index (χ1) is 1.00. The van der Waals surface area contributed by atoms with Crippen LogP contribution in [0.4, 0.5) is 0 Å². The molecule has 0 aliphatic carbocycles. The molecule has 0 unspecified atom stereocenters. The molecule has 0 spiro atoms. The van der Waals surface area contributed by atoms with E-state index in [-0.39, 0.29) is 52.1 Å². The van der Waals surface area contributed by atoms with E-state index >= 15 is 0 Å². The van der Waals surface area contributed by atoms with Crippen molar-refractivity contribution in [1.82, 2.24) is 0 Å². The van der Waals surface area contributed by atoms with Gasteiger partial charge >= 0.3 is 42.0 Å². The molecule has 5 heavy (non-hydrogen) atoms. The van der Waals surface area contributed by atoms with Gasteiger partial charge in [-0.25, -0.2) is 0 Å². The molecule has 5 heteroatoms. The van der Waals surface area contributed by atoms with Gasteiger partial charge in [0.2, 0.25) is 0 Å². The summed E-state index contributed by atoms with van der Waals surface area (Å²) in [7, 11) is 0. The molecule has 33 valence electrons. The van der Waals surface area contributed by atoms with E-state index in [2.05, 4.69) is 0 Å². The van der Waals surface area contributed by atoms with Crippen molar-refractivity contribution in [2.75, 3.05) is 0 Å². The maximum atomic E-state index is 8.33. The van der Waals surface area contributed by atoms with Crippen LogP contribution < -0.4 is 0 Å². The fourth-order valence-corrected chi connectivity index (χ4v) is 0. The summed E-state index contributed by atoms with van der Waals surface area (Å²) in [5.41, 5.74) is 0. The van der Waals surface area contributed by atoms with E-state index in [1.807, 2.05) is 0 Å². The van der Waals surface area contributed by atoms with Gasteiger partial charge in [0, 0.05) is 33.3 Å². The van der Waals surface area contributed by atoms with Crippen LogP contribution in [0.25, 0.3) is 0 Å². The third kappa shape index (κ3) is 23.4. The van der Waals surface area contributed by atoms with Crippen LogP contribution in [-0.2, 0) is 56.4 Å². The SMILES string of the molecule is [Co].[LiH].[Ni].[O]=[W]. The Hall–Kier alpha value is 2.09. The van der Waals surface area contributed by atoms with Gasteiger partial charge in [0.15, 0.2) is 0 Å². The first-order valence-electron chi connectivity index (χ1n) is 0.167. The van der Waals surface area contributed by atoms with Gasteiger partial charge in [0.25, 0.3) is 0 Å². The van der Waals surface area contributed by atoms with E-state index in [9.17, 15) is 0 Å². The second kappa shape index (κ2) is 36.2. The van der Waals surface area contributed by atoms with Crippen molar-refractivity contribution in [3.05, 3.63) is 0 Å². The average molecular weight is 325 g/mol. The molecule has 0 aromatic rings. The second-order valence-corrected chi connectivity index (χ2v) is 0. The van der Waals surface area contributed by atoms with Crippen LogP contribution in [0.3, 0.4) is 0 Å². The molecule has 0 N–H and O–H groups in total. The summed E-state index contributed by atoms with van der Waals surface area (Å²) in [6.07, 6.45) is 0. The van der Waals surface area contributed by atoms with Gasteiger partial charge in [-0.1, -0.05) is 0 Å². The minimum absolute atomic E-state index is 0. The molecular weight excluding hydrogens is 324 g/mol. The quantitative estimate of drug-likeness (QED) is 0.535. The van der Waals surface area contributed by atoms with Gasteiger partial charge in [-0.05, 0) is 0 Å². The van der Waals surface area contributed by atoms with Crippen molar-refractivity contribution < 1.29 is 56.4 Å². The minimum atomic E-state index is 0. The molecule has 0 saturated carbocycles. The van der Waals surface area contributed by atoms with E-state index in [1.54, 1.807) is 0 Å². The zero-order valence-corrected chi connectivity index (χ0v) is 6.43. The number of hydrogen-bond donors (Lipinski definition) is 0. The number of hydrogen-bond acceptors (Lipinski definition) is 1. The van der Waals surface area contributed by atoms with Gasteiger partial charge in [-0.15, -0.1) is 0 Å². The molecule has 1 nitrogen and oxygen atoms in total. The molecule has 0 aliphatic heterocycles. The van der Waals surface area contributed by atoms with Crippen molar-refractivity contribution in [2.45, 2.75) is 0 Å². The molecule has 0 aromatic carbocycles. The van der Waals surface area contributed by atoms with Gasteiger partial charge in [-0.2, -0.15) is 0 Å². The predicted molar refractivity (Wildman–Crippen MR) is 7.84 cm³/mol. The Balaban J connectivity index is -0.00000000167. The van der Waals surface area contributed by atoms with Crippen LogP contribution in [-0.4, -0.2) is 18.9 Å². The average Bonchev–Trinajstić information content (AvgIpc) is 1.00. The first kappa shape index (κ1) is 27.6. The maximum absolute atomic E-state index is 8.33. The zero-order valence-electron chi connectivity index (χ0n) is 1.47. The predicted octanol–water partition coefficient (Wildman–Crippen LogP) is -0.775. The molecular formula is HCoLiNiOW. The topological polar surface area (TPSA) is 17.1 Å². The second-order valence-electron chi connectivity index (χ2n) is 0. The molecule has 0 atom stereocenters. The third-order valence-corrected chi connectivity index (χ3v) is 0. The molecule has 0 fully saturated rings. The van der Waals surface area contributed by atoms with E-state index < -0.39 is 0 Å². The summed E-state index contributed by atoms with van der Waals surface area (Å²) in [4.78, 5) is 0. The van der Waals surface area contributed by atoms with Crippen molar-refractivity contribution in [1.29, 1.82) is 0 Å². The Labute approximate surface area is 74.5 Å². The van der Waals surface area contributed by atoms with Crippen LogP contribution in [0.5, 0.6) is 0 Å².